The summed E-state index contributed by atoms with van der Waals surface area (Å²) in [6, 6.07) is 7.82. The summed E-state index contributed by atoms with van der Waals surface area (Å²) in [4.78, 5) is 12.1. The Morgan fingerprint density at radius 3 is 2.58 bits per heavy atom. The first-order chi connectivity index (χ1) is 9.02. The second-order valence-corrected chi connectivity index (χ2v) is 4.96. The van der Waals surface area contributed by atoms with Gasteiger partial charge in [0.15, 0.2) is 0 Å². The normalized spacial score (nSPS) is 10.7. The van der Waals surface area contributed by atoms with Crippen LogP contribution in [0.5, 0.6) is 0 Å². The highest BCUT2D eigenvalue weighted by atomic mass is 16.1. The molecule has 1 heterocycles. The molecule has 0 amide bonds. The number of aromatic nitrogens is 2. The monoisotopic (exact) mass is 255 g/mol. The van der Waals surface area contributed by atoms with Gasteiger partial charge in [0, 0.05) is 18.4 Å². The lowest BCUT2D eigenvalue weighted by atomic mass is 10.1. The lowest BCUT2D eigenvalue weighted by Crippen LogP contribution is -2.25. The Labute approximate surface area is 112 Å². The van der Waals surface area contributed by atoms with Crippen LogP contribution in [-0.2, 0) is 6.54 Å². The molecule has 0 bridgehead atoms. The molecule has 98 valence electrons. The van der Waals surface area contributed by atoms with Crippen molar-refractivity contribution in [3.05, 3.63) is 57.8 Å². The Kier molecular flexibility index (Phi) is 3.57. The molecule has 0 saturated heterocycles. The van der Waals surface area contributed by atoms with Gasteiger partial charge in [-0.1, -0.05) is 6.07 Å². The molecule has 2 aromatic rings. The SMILES string of the molecule is Cc1cc(C#N)ccc1Cn1ccn(C(C)C)c1=O. The zero-order valence-electron chi connectivity index (χ0n) is 11.4. The van der Waals surface area contributed by atoms with Crippen molar-refractivity contribution < 1.29 is 0 Å². The summed E-state index contributed by atoms with van der Waals surface area (Å²) in [5, 5.41) is 8.84. The standard InChI is InChI=1S/C15H17N3O/c1-11(2)18-7-6-17(15(18)19)10-14-5-4-13(9-16)8-12(14)3/h4-8,11H,10H2,1-3H3. The fraction of sp³-hybridized carbons (Fsp3) is 0.333. The molecular weight excluding hydrogens is 238 g/mol. The molecule has 4 heteroatoms. The Bertz CT molecular complexity index is 686. The van der Waals surface area contributed by atoms with Gasteiger partial charge in [0.05, 0.1) is 18.2 Å². The van der Waals surface area contributed by atoms with Gasteiger partial charge in [-0.25, -0.2) is 4.79 Å². The van der Waals surface area contributed by atoms with Gasteiger partial charge >= 0.3 is 5.69 Å². The van der Waals surface area contributed by atoms with Gasteiger partial charge in [0.1, 0.15) is 0 Å². The molecule has 1 aromatic heterocycles. The van der Waals surface area contributed by atoms with Crippen LogP contribution in [-0.4, -0.2) is 9.13 Å². The zero-order valence-corrected chi connectivity index (χ0v) is 11.4. The van der Waals surface area contributed by atoms with Crippen LogP contribution < -0.4 is 5.69 Å². The minimum Gasteiger partial charge on any atom is -0.297 e. The summed E-state index contributed by atoms with van der Waals surface area (Å²) in [5.41, 5.74) is 2.73. The molecule has 0 radical (unpaired) electrons. The van der Waals surface area contributed by atoms with Gasteiger partial charge in [-0.3, -0.25) is 9.13 Å². The summed E-state index contributed by atoms with van der Waals surface area (Å²) < 4.78 is 3.40. The molecule has 4 nitrogen and oxygen atoms in total. The molecule has 0 aliphatic carbocycles. The van der Waals surface area contributed by atoms with E-state index in [1.54, 1.807) is 21.4 Å². The predicted molar refractivity (Wildman–Crippen MR) is 74.1 cm³/mol. The number of nitrogens with zero attached hydrogens (tertiary/aromatic N) is 3. The van der Waals surface area contributed by atoms with Crippen molar-refractivity contribution in [2.24, 2.45) is 0 Å². The van der Waals surface area contributed by atoms with E-state index in [-0.39, 0.29) is 11.7 Å². The third-order valence-corrected chi connectivity index (χ3v) is 3.24. The van der Waals surface area contributed by atoms with E-state index in [0.29, 0.717) is 12.1 Å². The third-order valence-electron chi connectivity index (χ3n) is 3.24. The molecule has 0 unspecified atom stereocenters. The Morgan fingerprint density at radius 1 is 1.32 bits per heavy atom. The van der Waals surface area contributed by atoms with E-state index in [9.17, 15) is 4.79 Å². The first kappa shape index (κ1) is 13.2. The highest BCUT2D eigenvalue weighted by molar-refractivity contribution is 5.37. The minimum absolute atomic E-state index is 0.00115. The van der Waals surface area contributed by atoms with Crippen molar-refractivity contribution in [2.75, 3.05) is 0 Å². The lowest BCUT2D eigenvalue weighted by Gasteiger charge is -2.07. The Hall–Kier alpha value is -2.28. The van der Waals surface area contributed by atoms with Gasteiger partial charge in [0.2, 0.25) is 0 Å². The average Bonchev–Trinajstić information content (AvgIpc) is 2.73. The zero-order chi connectivity index (χ0) is 14.0. The quantitative estimate of drug-likeness (QED) is 0.846. The molecule has 0 aliphatic heterocycles. The maximum absolute atomic E-state index is 12.1. The Balaban J connectivity index is 2.32. The number of nitriles is 1. The minimum atomic E-state index is -0.00115. The first-order valence-corrected chi connectivity index (χ1v) is 6.30. The number of imidazole rings is 1. The van der Waals surface area contributed by atoms with E-state index in [0.717, 1.165) is 11.1 Å². The van der Waals surface area contributed by atoms with E-state index in [4.69, 9.17) is 5.26 Å². The van der Waals surface area contributed by atoms with E-state index in [2.05, 4.69) is 6.07 Å². The largest absolute Gasteiger partial charge is 0.328 e. The maximum atomic E-state index is 12.1. The van der Waals surface area contributed by atoms with Crippen LogP contribution in [0.25, 0.3) is 0 Å². The molecule has 2 rings (SSSR count). The summed E-state index contributed by atoms with van der Waals surface area (Å²) in [6.07, 6.45) is 3.62. The van der Waals surface area contributed by atoms with Crippen molar-refractivity contribution >= 4 is 0 Å². The average molecular weight is 255 g/mol. The summed E-state index contributed by atoms with van der Waals surface area (Å²) >= 11 is 0. The van der Waals surface area contributed by atoms with Gasteiger partial charge in [0.25, 0.3) is 0 Å². The van der Waals surface area contributed by atoms with Crippen LogP contribution >= 0.6 is 0 Å². The van der Waals surface area contributed by atoms with Crippen molar-refractivity contribution in [1.82, 2.24) is 9.13 Å². The molecular formula is C15H17N3O. The molecule has 0 saturated carbocycles. The molecule has 19 heavy (non-hydrogen) atoms. The van der Waals surface area contributed by atoms with Gasteiger partial charge in [-0.05, 0) is 44.0 Å². The van der Waals surface area contributed by atoms with E-state index in [1.807, 2.05) is 39.1 Å². The topological polar surface area (TPSA) is 50.7 Å². The lowest BCUT2D eigenvalue weighted by molar-refractivity contribution is 0.561. The second kappa shape index (κ2) is 5.15. The van der Waals surface area contributed by atoms with Crippen molar-refractivity contribution in [2.45, 2.75) is 33.4 Å². The Morgan fingerprint density at radius 2 is 2.05 bits per heavy atom. The molecule has 0 N–H and O–H groups in total. The van der Waals surface area contributed by atoms with E-state index < -0.39 is 0 Å². The van der Waals surface area contributed by atoms with Crippen LogP contribution in [0.3, 0.4) is 0 Å². The van der Waals surface area contributed by atoms with Crippen molar-refractivity contribution in [3.63, 3.8) is 0 Å². The molecule has 0 spiro atoms. The number of hydrogen-bond acceptors (Lipinski definition) is 2. The predicted octanol–water partition coefficient (Wildman–Crippen LogP) is 2.46. The van der Waals surface area contributed by atoms with Crippen LogP contribution in [0, 0.1) is 18.3 Å². The number of rotatable bonds is 3. The maximum Gasteiger partial charge on any atom is 0.328 e. The van der Waals surface area contributed by atoms with Crippen molar-refractivity contribution in [3.8, 4) is 6.07 Å². The number of hydrogen-bond donors (Lipinski definition) is 0. The highest BCUT2D eigenvalue weighted by Crippen LogP contribution is 2.12. The van der Waals surface area contributed by atoms with E-state index >= 15 is 0 Å². The smallest absolute Gasteiger partial charge is 0.297 e. The molecule has 1 aromatic carbocycles. The van der Waals surface area contributed by atoms with Crippen LogP contribution in [0.1, 0.15) is 36.6 Å². The van der Waals surface area contributed by atoms with Crippen LogP contribution in [0.4, 0.5) is 0 Å². The van der Waals surface area contributed by atoms with Gasteiger partial charge in [-0.2, -0.15) is 5.26 Å². The molecule has 0 aliphatic rings. The van der Waals surface area contributed by atoms with Gasteiger partial charge < -0.3 is 0 Å². The second-order valence-electron chi connectivity index (χ2n) is 4.96. The van der Waals surface area contributed by atoms with E-state index in [1.165, 1.54) is 0 Å². The summed E-state index contributed by atoms with van der Waals surface area (Å²) in [6.45, 7) is 6.47. The summed E-state index contributed by atoms with van der Waals surface area (Å²) in [7, 11) is 0. The summed E-state index contributed by atoms with van der Waals surface area (Å²) in [5.74, 6) is 0. The third kappa shape index (κ3) is 2.60. The van der Waals surface area contributed by atoms with Gasteiger partial charge in [-0.15, -0.1) is 0 Å². The molecule has 0 fully saturated rings. The first-order valence-electron chi connectivity index (χ1n) is 6.30. The fourth-order valence-corrected chi connectivity index (χ4v) is 2.07. The van der Waals surface area contributed by atoms with Crippen molar-refractivity contribution in [1.29, 1.82) is 5.26 Å². The van der Waals surface area contributed by atoms with Crippen LogP contribution in [0.2, 0.25) is 0 Å². The fourth-order valence-electron chi connectivity index (χ4n) is 2.07. The molecule has 0 atom stereocenters. The van der Waals surface area contributed by atoms with Crippen LogP contribution in [0.15, 0.2) is 35.4 Å². The number of aryl methyl sites for hydroxylation is 1. The highest BCUT2D eigenvalue weighted by Gasteiger charge is 2.08. The number of benzene rings is 1.